The molecular formula is C13H14F4O5S. The van der Waals surface area contributed by atoms with Gasteiger partial charge in [-0.1, -0.05) is 19.1 Å². The molecule has 0 heterocycles. The van der Waals surface area contributed by atoms with Crippen molar-refractivity contribution in [2.24, 2.45) is 0 Å². The van der Waals surface area contributed by atoms with Crippen molar-refractivity contribution in [3.05, 3.63) is 35.6 Å². The van der Waals surface area contributed by atoms with Crippen molar-refractivity contribution in [1.29, 1.82) is 0 Å². The van der Waals surface area contributed by atoms with Crippen molar-refractivity contribution in [2.75, 3.05) is 0 Å². The number of alkyl halides is 3. The smallest absolute Gasteiger partial charge is 0.479 e. The standard InChI is InChI=1S/C13H14F4O5S/c1-2-12(11(18)19,22-23(20,21)13(15,16)17)8-7-9-3-5-10(14)6-4-9/h3-6H,2,7-8H2,1H3,(H,18,19)/t12-/m1/s1. The predicted molar refractivity (Wildman–Crippen MR) is 71.4 cm³/mol. The Morgan fingerprint density at radius 3 is 2.13 bits per heavy atom. The minimum Gasteiger partial charge on any atom is -0.479 e. The van der Waals surface area contributed by atoms with Crippen molar-refractivity contribution in [3.8, 4) is 0 Å². The number of carbonyl (C=O) groups is 1. The van der Waals surface area contributed by atoms with Gasteiger partial charge in [-0.15, -0.1) is 0 Å². The molecule has 1 rings (SSSR count). The van der Waals surface area contributed by atoms with Crippen molar-refractivity contribution in [2.45, 2.75) is 37.3 Å². The van der Waals surface area contributed by atoms with Gasteiger partial charge >= 0.3 is 21.6 Å². The average Bonchev–Trinajstić information content (AvgIpc) is 2.43. The van der Waals surface area contributed by atoms with Crippen LogP contribution in [0.25, 0.3) is 0 Å². The predicted octanol–water partition coefficient (Wildman–Crippen LogP) is 2.86. The molecule has 10 heteroatoms. The van der Waals surface area contributed by atoms with E-state index in [0.717, 1.165) is 12.1 Å². The molecule has 0 saturated carbocycles. The first-order valence-corrected chi connectivity index (χ1v) is 7.84. The molecule has 1 N–H and O–H groups in total. The van der Waals surface area contributed by atoms with Gasteiger partial charge in [0.2, 0.25) is 0 Å². The highest BCUT2D eigenvalue weighted by Gasteiger charge is 2.54. The molecule has 0 aliphatic rings. The number of aryl methyl sites for hydroxylation is 1. The maximum atomic E-state index is 12.8. The van der Waals surface area contributed by atoms with E-state index in [1.54, 1.807) is 0 Å². The minimum atomic E-state index is -6.06. The largest absolute Gasteiger partial charge is 0.523 e. The molecule has 0 fully saturated rings. The van der Waals surface area contributed by atoms with E-state index in [2.05, 4.69) is 4.18 Å². The summed E-state index contributed by atoms with van der Waals surface area (Å²) in [5.74, 6) is -2.36. The number of halogens is 4. The lowest BCUT2D eigenvalue weighted by Gasteiger charge is -2.28. The van der Waals surface area contributed by atoms with Crippen molar-refractivity contribution in [1.82, 2.24) is 0 Å². The van der Waals surface area contributed by atoms with Gasteiger partial charge in [0.25, 0.3) is 0 Å². The Labute approximate surface area is 130 Å². The zero-order valence-electron chi connectivity index (χ0n) is 11.9. The van der Waals surface area contributed by atoms with Crippen LogP contribution in [-0.2, 0) is 25.5 Å². The topological polar surface area (TPSA) is 80.7 Å². The molecule has 23 heavy (non-hydrogen) atoms. The SMILES string of the molecule is CC[C@](CCc1ccc(F)cc1)(OS(=O)(=O)C(F)(F)F)C(=O)O. The highest BCUT2D eigenvalue weighted by atomic mass is 32.2. The molecule has 5 nitrogen and oxygen atoms in total. The quantitative estimate of drug-likeness (QED) is 0.461. The van der Waals surface area contributed by atoms with Crippen LogP contribution in [0.5, 0.6) is 0 Å². The lowest BCUT2D eigenvalue weighted by Crippen LogP contribution is -2.46. The van der Waals surface area contributed by atoms with Gasteiger partial charge in [0.15, 0.2) is 5.60 Å². The van der Waals surface area contributed by atoms with Crippen LogP contribution < -0.4 is 0 Å². The molecule has 1 atom stereocenters. The van der Waals surface area contributed by atoms with Gasteiger partial charge in [-0.05, 0) is 37.0 Å². The third kappa shape index (κ3) is 4.64. The van der Waals surface area contributed by atoms with Crippen molar-refractivity contribution < 1.29 is 40.1 Å². The third-order valence-corrected chi connectivity index (χ3v) is 4.35. The molecule has 0 aliphatic carbocycles. The van der Waals surface area contributed by atoms with E-state index in [-0.39, 0.29) is 6.42 Å². The maximum absolute atomic E-state index is 12.8. The molecule has 0 radical (unpaired) electrons. The number of hydrogen-bond acceptors (Lipinski definition) is 4. The lowest BCUT2D eigenvalue weighted by atomic mass is 9.92. The second-order valence-corrected chi connectivity index (χ2v) is 6.30. The summed E-state index contributed by atoms with van der Waals surface area (Å²) in [6, 6.07) is 4.82. The Balaban J connectivity index is 3.04. The summed E-state index contributed by atoms with van der Waals surface area (Å²) in [4.78, 5) is 11.3. The fourth-order valence-corrected chi connectivity index (χ4v) is 2.61. The Hall–Kier alpha value is -1.68. The lowest BCUT2D eigenvalue weighted by molar-refractivity contribution is -0.157. The number of carboxylic acids is 1. The van der Waals surface area contributed by atoms with Crippen LogP contribution in [0.3, 0.4) is 0 Å². The van der Waals surface area contributed by atoms with Crippen LogP contribution in [0.4, 0.5) is 17.6 Å². The highest BCUT2D eigenvalue weighted by Crippen LogP contribution is 2.33. The summed E-state index contributed by atoms with van der Waals surface area (Å²) in [5.41, 5.74) is -7.85. The number of carboxylic acid groups (broad SMARTS) is 1. The van der Waals surface area contributed by atoms with Crippen LogP contribution in [0, 0.1) is 5.82 Å². The molecule has 0 bridgehead atoms. The van der Waals surface area contributed by atoms with Gasteiger partial charge in [-0.2, -0.15) is 21.6 Å². The van der Waals surface area contributed by atoms with Gasteiger partial charge in [0.05, 0.1) is 0 Å². The first-order valence-electron chi connectivity index (χ1n) is 6.43. The zero-order chi connectivity index (χ0) is 17.9. The van der Waals surface area contributed by atoms with E-state index < -0.39 is 45.9 Å². The molecule has 0 amide bonds. The van der Waals surface area contributed by atoms with Crippen molar-refractivity contribution in [3.63, 3.8) is 0 Å². The normalized spacial score (nSPS) is 15.2. The molecule has 0 aromatic heterocycles. The Kier molecular flexibility index (Phi) is 5.75. The fraction of sp³-hybridized carbons (Fsp3) is 0.462. The molecular weight excluding hydrogens is 344 g/mol. The van der Waals surface area contributed by atoms with Gasteiger partial charge in [-0.25, -0.2) is 13.4 Å². The molecule has 0 saturated heterocycles. The van der Waals surface area contributed by atoms with E-state index in [0.29, 0.717) is 5.56 Å². The molecule has 130 valence electrons. The maximum Gasteiger partial charge on any atom is 0.523 e. The minimum absolute atomic E-state index is 0.103. The molecule has 1 aromatic rings. The number of rotatable bonds is 7. The van der Waals surface area contributed by atoms with Gasteiger partial charge in [0.1, 0.15) is 5.82 Å². The molecule has 1 aromatic carbocycles. The van der Waals surface area contributed by atoms with E-state index in [4.69, 9.17) is 5.11 Å². The van der Waals surface area contributed by atoms with E-state index in [1.165, 1.54) is 19.1 Å². The third-order valence-electron chi connectivity index (χ3n) is 3.24. The summed E-state index contributed by atoms with van der Waals surface area (Å²) in [6.45, 7) is 1.20. The van der Waals surface area contributed by atoms with E-state index in [9.17, 15) is 30.8 Å². The van der Waals surface area contributed by atoms with Crippen LogP contribution in [0.15, 0.2) is 24.3 Å². The second-order valence-electron chi connectivity index (χ2n) is 4.76. The highest BCUT2D eigenvalue weighted by molar-refractivity contribution is 7.87. The molecule has 0 aliphatic heterocycles. The first kappa shape index (κ1) is 19.4. The van der Waals surface area contributed by atoms with Crippen LogP contribution in [0.1, 0.15) is 25.3 Å². The zero-order valence-corrected chi connectivity index (χ0v) is 12.7. The number of benzene rings is 1. The van der Waals surface area contributed by atoms with E-state index >= 15 is 0 Å². The van der Waals surface area contributed by atoms with Crippen molar-refractivity contribution >= 4 is 16.1 Å². The Morgan fingerprint density at radius 1 is 1.22 bits per heavy atom. The number of hydrogen-bond donors (Lipinski definition) is 1. The fourth-order valence-electron chi connectivity index (χ4n) is 1.83. The first-order chi connectivity index (χ1) is 10.4. The average molecular weight is 358 g/mol. The van der Waals surface area contributed by atoms with Crippen LogP contribution in [0.2, 0.25) is 0 Å². The summed E-state index contributed by atoms with van der Waals surface area (Å²) in [5, 5.41) is 9.16. The number of aliphatic carboxylic acids is 1. The van der Waals surface area contributed by atoms with Crippen LogP contribution >= 0.6 is 0 Å². The Bertz CT molecular complexity index is 654. The van der Waals surface area contributed by atoms with Gasteiger partial charge in [-0.3, -0.25) is 0 Å². The summed E-state index contributed by atoms with van der Waals surface area (Å²) in [7, 11) is -6.06. The second kappa shape index (κ2) is 6.83. The Morgan fingerprint density at radius 2 is 1.74 bits per heavy atom. The summed E-state index contributed by atoms with van der Waals surface area (Å²) < 4.78 is 76.3. The van der Waals surface area contributed by atoms with Crippen LogP contribution in [-0.4, -0.2) is 30.6 Å². The summed E-state index contributed by atoms with van der Waals surface area (Å²) in [6.07, 6.45) is -1.13. The summed E-state index contributed by atoms with van der Waals surface area (Å²) >= 11 is 0. The van der Waals surface area contributed by atoms with E-state index in [1.807, 2.05) is 0 Å². The molecule has 0 unspecified atom stereocenters. The monoisotopic (exact) mass is 358 g/mol. The van der Waals surface area contributed by atoms with Gasteiger partial charge < -0.3 is 5.11 Å². The molecule has 0 spiro atoms. The van der Waals surface area contributed by atoms with Gasteiger partial charge in [0, 0.05) is 0 Å².